The lowest BCUT2D eigenvalue weighted by molar-refractivity contribution is 0.217. The van der Waals surface area contributed by atoms with Crippen LogP contribution in [0, 0.1) is 0 Å². The molecule has 0 aromatic heterocycles. The third-order valence-corrected chi connectivity index (χ3v) is 2.45. The van der Waals surface area contributed by atoms with Gasteiger partial charge in [0.2, 0.25) is 0 Å². The molecule has 0 fully saturated rings. The average Bonchev–Trinajstić information content (AvgIpc) is 2.17. The molecule has 0 radical (unpaired) electrons. The van der Waals surface area contributed by atoms with Gasteiger partial charge in [0.1, 0.15) is 0 Å². The lowest BCUT2D eigenvalue weighted by atomic mass is 10.1. The number of likely N-dealkylation sites (N-methyl/N-ethyl adjacent to an activating group) is 1. The van der Waals surface area contributed by atoms with Crippen LogP contribution in [-0.4, -0.2) is 35.2 Å². The van der Waals surface area contributed by atoms with Gasteiger partial charge >= 0.3 is 0 Å². The van der Waals surface area contributed by atoms with Gasteiger partial charge in [-0.05, 0) is 18.2 Å². The van der Waals surface area contributed by atoms with Gasteiger partial charge in [-0.3, -0.25) is 4.90 Å². The molecule has 1 aromatic rings. The molecule has 1 aromatic carbocycles. The second kappa shape index (κ2) is 6.58. The Hall–Kier alpha value is -0.970. The highest BCUT2D eigenvalue weighted by Gasteiger charge is 2.01. The molecule has 3 nitrogen and oxygen atoms in total. The summed E-state index contributed by atoms with van der Waals surface area (Å²) in [5.74, 6) is 0. The Kier molecular flexibility index (Phi) is 5.38. The maximum absolute atomic E-state index is 8.81. The molecular weight excluding hydrogens is 220 g/mol. The van der Waals surface area contributed by atoms with E-state index >= 15 is 0 Å². The van der Waals surface area contributed by atoms with Crippen molar-refractivity contribution in [2.75, 3.05) is 20.2 Å². The van der Waals surface area contributed by atoms with Crippen LogP contribution >= 0.6 is 12.2 Å². The number of thiocarbonyl (C=S) groups is 1. The van der Waals surface area contributed by atoms with Crippen molar-refractivity contribution in [1.82, 2.24) is 4.90 Å². The van der Waals surface area contributed by atoms with E-state index in [9.17, 15) is 0 Å². The molecule has 0 aliphatic carbocycles. The Bertz CT molecular complexity index is 355. The van der Waals surface area contributed by atoms with Crippen LogP contribution in [0.5, 0.6) is 0 Å². The van der Waals surface area contributed by atoms with Gasteiger partial charge in [0.15, 0.2) is 0 Å². The fourth-order valence-electron chi connectivity index (χ4n) is 1.60. The molecule has 0 spiro atoms. The number of rotatable bonds is 6. The summed E-state index contributed by atoms with van der Waals surface area (Å²) in [6, 6.07) is 8.20. The summed E-state index contributed by atoms with van der Waals surface area (Å²) in [5, 5.41) is 8.81. The van der Waals surface area contributed by atoms with Gasteiger partial charge in [0.25, 0.3) is 0 Å². The first-order valence-corrected chi connectivity index (χ1v) is 5.68. The molecule has 1 rings (SSSR count). The fourth-order valence-corrected chi connectivity index (χ4v) is 1.77. The summed E-state index contributed by atoms with van der Waals surface area (Å²) in [4.78, 5) is 2.58. The van der Waals surface area contributed by atoms with Gasteiger partial charge in [0.05, 0.1) is 11.6 Å². The van der Waals surface area contributed by atoms with E-state index in [4.69, 9.17) is 23.1 Å². The summed E-state index contributed by atoms with van der Waals surface area (Å²) >= 11 is 4.88. The summed E-state index contributed by atoms with van der Waals surface area (Å²) in [5.41, 5.74) is 7.87. The zero-order valence-corrected chi connectivity index (χ0v) is 10.3. The molecule has 0 heterocycles. The quantitative estimate of drug-likeness (QED) is 0.724. The van der Waals surface area contributed by atoms with Crippen LogP contribution in [0.15, 0.2) is 24.3 Å². The number of aliphatic hydroxyl groups is 1. The summed E-state index contributed by atoms with van der Waals surface area (Å²) in [6.45, 7) is 1.69. The Morgan fingerprint density at radius 2 is 2.12 bits per heavy atom. The highest BCUT2D eigenvalue weighted by Crippen LogP contribution is 2.08. The molecule has 0 aliphatic heterocycles. The van der Waals surface area contributed by atoms with Crippen LogP contribution in [0.1, 0.15) is 11.1 Å². The van der Waals surface area contributed by atoms with Gasteiger partial charge in [-0.1, -0.05) is 36.5 Å². The largest absolute Gasteiger partial charge is 0.395 e. The topological polar surface area (TPSA) is 49.5 Å². The SMILES string of the molecule is CN(CCO)Cc1cccc(CC(N)=S)c1. The standard InChI is InChI=1S/C12H18N2OS/c1-14(5-6-15)9-11-4-2-3-10(7-11)8-12(13)16/h2-4,7,15H,5-6,8-9H2,1H3,(H2,13,16). The Morgan fingerprint density at radius 1 is 1.44 bits per heavy atom. The Labute approximate surface area is 102 Å². The van der Waals surface area contributed by atoms with Crippen LogP contribution in [0.2, 0.25) is 0 Å². The van der Waals surface area contributed by atoms with Crippen molar-refractivity contribution in [3.8, 4) is 0 Å². The van der Waals surface area contributed by atoms with E-state index < -0.39 is 0 Å². The van der Waals surface area contributed by atoms with Crippen molar-refractivity contribution in [3.05, 3.63) is 35.4 Å². The highest BCUT2D eigenvalue weighted by atomic mass is 32.1. The number of nitrogens with two attached hydrogens (primary N) is 1. The van der Waals surface area contributed by atoms with E-state index in [1.54, 1.807) is 0 Å². The van der Waals surface area contributed by atoms with E-state index in [0.29, 0.717) is 18.0 Å². The normalized spacial score (nSPS) is 10.7. The van der Waals surface area contributed by atoms with Crippen molar-refractivity contribution in [2.45, 2.75) is 13.0 Å². The number of nitrogens with zero attached hydrogens (tertiary/aromatic N) is 1. The molecule has 0 saturated carbocycles. The lowest BCUT2D eigenvalue weighted by Crippen LogP contribution is -2.21. The molecule has 3 N–H and O–H groups in total. The van der Waals surface area contributed by atoms with Crippen LogP contribution < -0.4 is 5.73 Å². The van der Waals surface area contributed by atoms with E-state index in [-0.39, 0.29) is 6.61 Å². The van der Waals surface area contributed by atoms with Crippen molar-refractivity contribution in [3.63, 3.8) is 0 Å². The molecule has 0 unspecified atom stereocenters. The first kappa shape index (κ1) is 13.1. The van der Waals surface area contributed by atoms with Gasteiger partial charge in [-0.25, -0.2) is 0 Å². The summed E-state index contributed by atoms with van der Waals surface area (Å²) < 4.78 is 0. The first-order valence-electron chi connectivity index (χ1n) is 5.27. The van der Waals surface area contributed by atoms with Crippen LogP contribution in [-0.2, 0) is 13.0 Å². The molecule has 88 valence electrons. The van der Waals surface area contributed by atoms with Crippen LogP contribution in [0.25, 0.3) is 0 Å². The van der Waals surface area contributed by atoms with Gasteiger partial charge < -0.3 is 10.8 Å². The molecule has 0 bridgehead atoms. The monoisotopic (exact) mass is 238 g/mol. The summed E-state index contributed by atoms with van der Waals surface area (Å²) in [7, 11) is 1.98. The van der Waals surface area contributed by atoms with Gasteiger partial charge in [-0.2, -0.15) is 0 Å². The zero-order valence-electron chi connectivity index (χ0n) is 9.52. The van der Waals surface area contributed by atoms with E-state index in [1.165, 1.54) is 5.56 Å². The number of benzene rings is 1. The molecule has 0 aliphatic rings. The Morgan fingerprint density at radius 3 is 2.75 bits per heavy atom. The molecule has 4 heteroatoms. The maximum Gasteiger partial charge on any atom is 0.0771 e. The van der Waals surface area contributed by atoms with E-state index in [2.05, 4.69) is 17.0 Å². The highest BCUT2D eigenvalue weighted by molar-refractivity contribution is 7.80. The van der Waals surface area contributed by atoms with E-state index in [1.807, 2.05) is 19.2 Å². The maximum atomic E-state index is 8.81. The van der Waals surface area contributed by atoms with Gasteiger partial charge in [0, 0.05) is 19.5 Å². The predicted molar refractivity (Wildman–Crippen MR) is 70.4 cm³/mol. The number of hydrogen-bond acceptors (Lipinski definition) is 3. The minimum atomic E-state index is 0.184. The fraction of sp³-hybridized carbons (Fsp3) is 0.417. The average molecular weight is 238 g/mol. The minimum absolute atomic E-state index is 0.184. The lowest BCUT2D eigenvalue weighted by Gasteiger charge is -2.15. The minimum Gasteiger partial charge on any atom is -0.395 e. The Balaban J connectivity index is 2.63. The molecule has 0 amide bonds. The first-order chi connectivity index (χ1) is 7.61. The van der Waals surface area contributed by atoms with Crippen molar-refractivity contribution in [2.24, 2.45) is 5.73 Å². The predicted octanol–water partition coefficient (Wildman–Crippen LogP) is 0.939. The molecule has 0 atom stereocenters. The van der Waals surface area contributed by atoms with Crippen molar-refractivity contribution in [1.29, 1.82) is 0 Å². The number of aliphatic hydroxyl groups excluding tert-OH is 1. The third kappa shape index (κ3) is 4.70. The molecular formula is C12H18N2OS. The second-order valence-electron chi connectivity index (χ2n) is 3.92. The van der Waals surface area contributed by atoms with E-state index in [0.717, 1.165) is 12.1 Å². The third-order valence-electron chi connectivity index (χ3n) is 2.30. The molecule has 16 heavy (non-hydrogen) atoms. The van der Waals surface area contributed by atoms with Gasteiger partial charge in [-0.15, -0.1) is 0 Å². The van der Waals surface area contributed by atoms with Crippen LogP contribution in [0.3, 0.4) is 0 Å². The van der Waals surface area contributed by atoms with Crippen LogP contribution in [0.4, 0.5) is 0 Å². The summed E-state index contributed by atoms with van der Waals surface area (Å²) in [6.07, 6.45) is 0.646. The zero-order chi connectivity index (χ0) is 12.0. The molecule has 0 saturated heterocycles. The second-order valence-corrected chi connectivity index (χ2v) is 4.45. The van der Waals surface area contributed by atoms with Crippen molar-refractivity contribution < 1.29 is 5.11 Å². The van der Waals surface area contributed by atoms with Crippen molar-refractivity contribution >= 4 is 17.2 Å². The smallest absolute Gasteiger partial charge is 0.0771 e. The number of hydrogen-bond donors (Lipinski definition) is 2.